The van der Waals surface area contributed by atoms with Crippen LogP contribution in [0.3, 0.4) is 0 Å². The molecule has 0 radical (unpaired) electrons. The van der Waals surface area contributed by atoms with Crippen LogP contribution in [0.4, 0.5) is 8.78 Å². The zero-order chi connectivity index (χ0) is 19.4. The average molecular weight is 455 g/mol. The summed E-state index contributed by atoms with van der Waals surface area (Å²) in [6.45, 7) is 0. The van der Waals surface area contributed by atoms with E-state index in [1.165, 1.54) is 10.6 Å². The molecule has 2 aromatic heterocycles. The van der Waals surface area contributed by atoms with E-state index in [0.717, 1.165) is 16.2 Å². The minimum atomic E-state index is -3.22. The molecule has 0 unspecified atom stereocenters. The summed E-state index contributed by atoms with van der Waals surface area (Å²) in [5.41, 5.74) is 5.36. The van der Waals surface area contributed by atoms with Gasteiger partial charge in [-0.05, 0) is 27.6 Å². The van der Waals surface area contributed by atoms with Crippen LogP contribution in [0, 0.1) is 0 Å². The molecular formula is C17H13BrF2N4O2S. The fourth-order valence-electron chi connectivity index (χ4n) is 2.25. The molecule has 2 amide bonds. The maximum absolute atomic E-state index is 12.2. The Hall–Kier alpha value is -2.46. The molecule has 140 valence electrons. The molecule has 0 spiro atoms. The van der Waals surface area contributed by atoms with E-state index in [2.05, 4.69) is 20.9 Å². The number of hydrogen-bond donors (Lipinski definition) is 2. The number of hydrogen-bond acceptors (Lipinski definition) is 4. The average Bonchev–Trinajstić information content (AvgIpc) is 3.09. The highest BCUT2D eigenvalue weighted by Gasteiger charge is 2.18. The summed E-state index contributed by atoms with van der Waals surface area (Å²) in [5.74, 6) is -1.61. The van der Waals surface area contributed by atoms with Gasteiger partial charge in [0.05, 0.1) is 10.7 Å². The lowest BCUT2D eigenvalue weighted by Gasteiger charge is -2.08. The number of carbonyl (C=O) groups excluding carboxylic acids is 2. The van der Waals surface area contributed by atoms with E-state index in [4.69, 9.17) is 0 Å². The molecule has 3 rings (SSSR count). The maximum Gasteiger partial charge on any atom is 0.317 e. The van der Waals surface area contributed by atoms with E-state index in [-0.39, 0.29) is 5.69 Å². The summed E-state index contributed by atoms with van der Waals surface area (Å²) >= 11 is 4.99. The fourth-order valence-corrected chi connectivity index (χ4v) is 3.85. The fraction of sp³-hybridized carbons (Fsp3) is 0.118. The first-order valence-corrected chi connectivity index (χ1v) is 9.45. The molecule has 27 heavy (non-hydrogen) atoms. The number of nitrogens with zero attached hydrogens (tertiary/aromatic N) is 2. The molecule has 3 aromatic rings. The van der Waals surface area contributed by atoms with Crippen LogP contribution in [0.25, 0.3) is 5.65 Å². The second-order valence-electron chi connectivity index (χ2n) is 5.38. The van der Waals surface area contributed by atoms with Gasteiger partial charge in [-0.3, -0.25) is 24.8 Å². The van der Waals surface area contributed by atoms with E-state index < -0.39 is 18.2 Å². The Balaban J connectivity index is 1.80. The normalized spacial score (nSPS) is 11.0. The third-order valence-corrected chi connectivity index (χ3v) is 5.13. The largest absolute Gasteiger partial charge is 0.317 e. The number of fused-ring (bicyclic) bond motifs is 1. The standard InChI is InChI=1S/C17H13BrF2N4O2S/c18-12-6-11(27-9-10-4-2-1-3-5-10)8-24-13(7-21-15(12)24)16(25)22-23-17(26)14(19)20/h1-8,14H,9H2,(H,22,25)(H,23,26). The number of nitrogens with one attached hydrogen (secondary N) is 2. The van der Waals surface area contributed by atoms with Crippen LogP contribution >= 0.6 is 27.7 Å². The van der Waals surface area contributed by atoms with Crippen LogP contribution in [0.5, 0.6) is 0 Å². The molecular weight excluding hydrogens is 442 g/mol. The highest BCUT2D eigenvalue weighted by molar-refractivity contribution is 9.10. The summed E-state index contributed by atoms with van der Waals surface area (Å²) in [6.07, 6.45) is -0.192. The second-order valence-corrected chi connectivity index (χ2v) is 7.28. The summed E-state index contributed by atoms with van der Waals surface area (Å²) in [5, 5.41) is 0. The van der Waals surface area contributed by atoms with Crippen molar-refractivity contribution in [1.82, 2.24) is 20.2 Å². The van der Waals surface area contributed by atoms with Crippen molar-refractivity contribution in [3.63, 3.8) is 0 Å². The van der Waals surface area contributed by atoms with Gasteiger partial charge in [-0.2, -0.15) is 8.78 Å². The lowest BCUT2D eigenvalue weighted by Crippen LogP contribution is -2.44. The zero-order valence-corrected chi connectivity index (χ0v) is 16.1. The molecule has 2 heterocycles. The highest BCUT2D eigenvalue weighted by atomic mass is 79.9. The quantitative estimate of drug-likeness (QED) is 0.457. The van der Waals surface area contributed by atoms with E-state index in [9.17, 15) is 18.4 Å². The van der Waals surface area contributed by atoms with Gasteiger partial charge in [-0.15, -0.1) is 11.8 Å². The smallest absolute Gasteiger partial charge is 0.293 e. The van der Waals surface area contributed by atoms with Gasteiger partial charge < -0.3 is 0 Å². The molecule has 0 aliphatic rings. The lowest BCUT2D eigenvalue weighted by atomic mass is 10.2. The van der Waals surface area contributed by atoms with E-state index in [1.54, 1.807) is 23.4 Å². The SMILES string of the molecule is O=C(NNC(=O)C(F)F)c1cnc2c(Br)cc(SCc3ccccc3)cn12. The Bertz CT molecular complexity index is 982. The van der Waals surface area contributed by atoms with Crippen LogP contribution < -0.4 is 10.9 Å². The number of amides is 2. The van der Waals surface area contributed by atoms with Crippen LogP contribution in [0.15, 0.2) is 58.2 Å². The molecule has 0 saturated carbocycles. The minimum Gasteiger partial charge on any atom is -0.293 e. The Morgan fingerprint density at radius 2 is 1.96 bits per heavy atom. The van der Waals surface area contributed by atoms with Crippen molar-refractivity contribution < 1.29 is 18.4 Å². The topological polar surface area (TPSA) is 75.5 Å². The van der Waals surface area contributed by atoms with Gasteiger partial charge in [0.25, 0.3) is 5.91 Å². The van der Waals surface area contributed by atoms with Crippen LogP contribution in [0.1, 0.15) is 16.1 Å². The number of rotatable bonds is 5. The predicted octanol–water partition coefficient (Wildman–Crippen LogP) is 3.42. The van der Waals surface area contributed by atoms with Crippen LogP contribution in [-0.4, -0.2) is 27.6 Å². The van der Waals surface area contributed by atoms with Gasteiger partial charge in [0.2, 0.25) is 0 Å². The number of thioether (sulfide) groups is 1. The maximum atomic E-state index is 12.2. The summed E-state index contributed by atoms with van der Waals surface area (Å²) in [6, 6.07) is 11.8. The van der Waals surface area contributed by atoms with Crippen molar-refractivity contribution in [2.45, 2.75) is 17.1 Å². The first-order valence-electron chi connectivity index (χ1n) is 7.67. The molecule has 0 fully saturated rings. The van der Waals surface area contributed by atoms with E-state index in [0.29, 0.717) is 10.1 Å². The molecule has 0 atom stereocenters. The molecule has 0 aliphatic heterocycles. The summed E-state index contributed by atoms with van der Waals surface area (Å²) in [7, 11) is 0. The van der Waals surface area contributed by atoms with E-state index >= 15 is 0 Å². The monoisotopic (exact) mass is 454 g/mol. The zero-order valence-electron chi connectivity index (χ0n) is 13.7. The number of imidazole rings is 1. The van der Waals surface area contributed by atoms with Crippen LogP contribution in [0.2, 0.25) is 0 Å². The van der Waals surface area contributed by atoms with Crippen molar-refractivity contribution in [1.29, 1.82) is 0 Å². The van der Waals surface area contributed by atoms with Gasteiger partial charge in [-0.1, -0.05) is 30.3 Å². The van der Waals surface area contributed by atoms with E-state index in [1.807, 2.05) is 41.8 Å². The number of pyridine rings is 1. The van der Waals surface area contributed by atoms with Crippen molar-refractivity contribution in [3.05, 3.63) is 64.5 Å². The van der Waals surface area contributed by atoms with Gasteiger partial charge in [0.15, 0.2) is 5.65 Å². The third kappa shape index (κ3) is 4.64. The van der Waals surface area contributed by atoms with Crippen molar-refractivity contribution in [2.75, 3.05) is 0 Å². The van der Waals surface area contributed by atoms with Gasteiger partial charge in [0, 0.05) is 16.8 Å². The Morgan fingerprint density at radius 3 is 2.67 bits per heavy atom. The number of alkyl halides is 2. The molecule has 0 bridgehead atoms. The number of aromatic nitrogens is 2. The van der Waals surface area contributed by atoms with Gasteiger partial charge >= 0.3 is 12.3 Å². The summed E-state index contributed by atoms with van der Waals surface area (Å²) < 4.78 is 26.6. The highest BCUT2D eigenvalue weighted by Crippen LogP contribution is 2.28. The van der Waals surface area contributed by atoms with Crippen molar-refractivity contribution >= 4 is 45.2 Å². The second kappa shape index (κ2) is 8.49. The number of benzene rings is 1. The van der Waals surface area contributed by atoms with Gasteiger partial charge in [0.1, 0.15) is 5.69 Å². The first-order chi connectivity index (χ1) is 13.0. The predicted molar refractivity (Wildman–Crippen MR) is 101 cm³/mol. The Morgan fingerprint density at radius 1 is 1.22 bits per heavy atom. The first kappa shape index (κ1) is 19.3. The van der Waals surface area contributed by atoms with Crippen LogP contribution in [-0.2, 0) is 10.5 Å². The number of halogens is 3. The molecule has 1 aromatic carbocycles. The molecule has 0 saturated heterocycles. The molecule has 6 nitrogen and oxygen atoms in total. The minimum absolute atomic E-state index is 0.0995. The third-order valence-electron chi connectivity index (χ3n) is 3.51. The van der Waals surface area contributed by atoms with Gasteiger partial charge in [-0.25, -0.2) is 4.98 Å². The number of hydrazine groups is 1. The molecule has 10 heteroatoms. The molecule has 2 N–H and O–H groups in total. The Kier molecular flexibility index (Phi) is 6.07. The summed E-state index contributed by atoms with van der Waals surface area (Å²) in [4.78, 5) is 28.1. The van der Waals surface area contributed by atoms with Crippen molar-refractivity contribution in [2.24, 2.45) is 0 Å². The van der Waals surface area contributed by atoms with Crippen molar-refractivity contribution in [3.8, 4) is 0 Å². The Labute approximate surface area is 165 Å². The number of carbonyl (C=O) groups is 2. The lowest BCUT2D eigenvalue weighted by molar-refractivity contribution is -0.132. The molecule has 0 aliphatic carbocycles.